The third-order valence-corrected chi connectivity index (χ3v) is 2.60. The zero-order valence-electron chi connectivity index (χ0n) is 9.24. The number of hydrogen-bond donors (Lipinski definition) is 1. The molecular weight excluding hydrogens is 274 g/mol. The predicted molar refractivity (Wildman–Crippen MR) is 66.6 cm³/mol. The molecule has 0 bridgehead atoms. The summed E-state index contributed by atoms with van der Waals surface area (Å²) in [5, 5.41) is 13.9. The molecule has 0 aliphatic rings. The van der Waals surface area contributed by atoms with Gasteiger partial charge in [-0.05, 0) is 29.3 Å². The Morgan fingerprint density at radius 3 is 2.94 bits per heavy atom. The van der Waals surface area contributed by atoms with Crippen LogP contribution in [0, 0.1) is 10.1 Å². The van der Waals surface area contributed by atoms with Gasteiger partial charge in [-0.15, -0.1) is 0 Å². The second kappa shape index (κ2) is 5.79. The minimum Gasteiger partial charge on any atom is -0.377 e. The number of halogens is 1. The van der Waals surface area contributed by atoms with Crippen LogP contribution >= 0.6 is 15.9 Å². The smallest absolute Gasteiger partial charge is 0.310 e. The quantitative estimate of drug-likeness (QED) is 0.512. The standard InChI is InChI=1S/C10H14BrN3O2/c1-3-4-7(2)13-8-5-10(11)12-6-9(8)14(15)16/h5-7H,3-4H2,1-2H3,(H,12,13). The molecule has 0 aromatic carbocycles. The molecule has 0 fully saturated rings. The van der Waals surface area contributed by atoms with Crippen molar-refractivity contribution in [2.45, 2.75) is 32.7 Å². The average Bonchev–Trinajstić information content (AvgIpc) is 2.17. The SMILES string of the molecule is CCCC(C)Nc1cc(Br)ncc1[N+](=O)[O-]. The molecule has 1 heterocycles. The first-order valence-corrected chi connectivity index (χ1v) is 5.90. The molecule has 5 nitrogen and oxygen atoms in total. The van der Waals surface area contributed by atoms with Gasteiger partial charge in [-0.25, -0.2) is 4.98 Å². The molecule has 1 aromatic rings. The van der Waals surface area contributed by atoms with Gasteiger partial charge in [-0.2, -0.15) is 0 Å². The van der Waals surface area contributed by atoms with E-state index in [1.54, 1.807) is 6.07 Å². The van der Waals surface area contributed by atoms with E-state index in [9.17, 15) is 10.1 Å². The van der Waals surface area contributed by atoms with E-state index in [2.05, 4.69) is 33.2 Å². The molecule has 6 heteroatoms. The predicted octanol–water partition coefficient (Wildman–Crippen LogP) is 3.35. The van der Waals surface area contributed by atoms with Gasteiger partial charge in [0.05, 0.1) is 4.92 Å². The summed E-state index contributed by atoms with van der Waals surface area (Å²) in [7, 11) is 0. The Hall–Kier alpha value is -1.17. The lowest BCUT2D eigenvalue weighted by atomic mass is 10.2. The topological polar surface area (TPSA) is 68.1 Å². The highest BCUT2D eigenvalue weighted by atomic mass is 79.9. The summed E-state index contributed by atoms with van der Waals surface area (Å²) in [4.78, 5) is 14.2. The van der Waals surface area contributed by atoms with Gasteiger partial charge < -0.3 is 5.32 Å². The number of pyridine rings is 1. The van der Waals surface area contributed by atoms with Crippen molar-refractivity contribution < 1.29 is 4.92 Å². The third kappa shape index (κ3) is 3.44. The molecule has 1 rings (SSSR count). The molecule has 16 heavy (non-hydrogen) atoms. The number of nitrogens with zero attached hydrogens (tertiary/aromatic N) is 2. The van der Waals surface area contributed by atoms with Gasteiger partial charge in [0.2, 0.25) is 0 Å². The van der Waals surface area contributed by atoms with Crippen LogP contribution < -0.4 is 5.32 Å². The van der Waals surface area contributed by atoms with Crippen LogP contribution in [0.4, 0.5) is 11.4 Å². The first-order chi connectivity index (χ1) is 7.54. The lowest BCUT2D eigenvalue weighted by molar-refractivity contribution is -0.384. The van der Waals surface area contributed by atoms with E-state index < -0.39 is 4.92 Å². The zero-order chi connectivity index (χ0) is 12.1. The molecule has 1 unspecified atom stereocenters. The summed E-state index contributed by atoms with van der Waals surface area (Å²) in [5.74, 6) is 0. The van der Waals surface area contributed by atoms with Gasteiger partial charge in [-0.3, -0.25) is 10.1 Å². The first kappa shape index (κ1) is 12.9. The first-order valence-electron chi connectivity index (χ1n) is 5.11. The summed E-state index contributed by atoms with van der Waals surface area (Å²) in [5.41, 5.74) is 0.513. The summed E-state index contributed by atoms with van der Waals surface area (Å²) in [6, 6.07) is 1.84. The van der Waals surface area contributed by atoms with Crippen molar-refractivity contribution in [3.8, 4) is 0 Å². The van der Waals surface area contributed by atoms with Crippen LogP contribution in [0.2, 0.25) is 0 Å². The lowest BCUT2D eigenvalue weighted by Gasteiger charge is -2.14. The van der Waals surface area contributed by atoms with Crippen molar-refractivity contribution >= 4 is 27.3 Å². The highest BCUT2D eigenvalue weighted by Crippen LogP contribution is 2.26. The van der Waals surface area contributed by atoms with Crippen molar-refractivity contribution in [1.82, 2.24) is 4.98 Å². The fourth-order valence-electron chi connectivity index (χ4n) is 1.45. The normalized spacial score (nSPS) is 12.2. The van der Waals surface area contributed by atoms with Crippen molar-refractivity contribution in [2.24, 2.45) is 0 Å². The van der Waals surface area contributed by atoms with Gasteiger partial charge in [0.15, 0.2) is 0 Å². The van der Waals surface area contributed by atoms with Crippen molar-refractivity contribution in [3.05, 3.63) is 27.0 Å². The molecular formula is C10H14BrN3O2. The summed E-state index contributed by atoms with van der Waals surface area (Å²) < 4.78 is 0.587. The summed E-state index contributed by atoms with van der Waals surface area (Å²) >= 11 is 3.20. The minimum absolute atomic E-state index is 0.00570. The van der Waals surface area contributed by atoms with E-state index >= 15 is 0 Å². The van der Waals surface area contributed by atoms with E-state index in [0.717, 1.165) is 12.8 Å². The van der Waals surface area contributed by atoms with Crippen LogP contribution in [0.3, 0.4) is 0 Å². The van der Waals surface area contributed by atoms with Gasteiger partial charge in [-0.1, -0.05) is 13.3 Å². The van der Waals surface area contributed by atoms with Crippen LogP contribution in [0.25, 0.3) is 0 Å². The van der Waals surface area contributed by atoms with E-state index in [1.165, 1.54) is 6.20 Å². The molecule has 1 N–H and O–H groups in total. The Kier molecular flexibility index (Phi) is 4.67. The number of nitro groups is 1. The van der Waals surface area contributed by atoms with Gasteiger partial charge in [0, 0.05) is 12.1 Å². The fourth-order valence-corrected chi connectivity index (χ4v) is 1.79. The Labute approximate surface area is 103 Å². The van der Waals surface area contributed by atoms with E-state index in [4.69, 9.17) is 0 Å². The minimum atomic E-state index is -0.430. The maximum Gasteiger partial charge on any atom is 0.310 e. The molecule has 0 saturated heterocycles. The van der Waals surface area contributed by atoms with Crippen molar-refractivity contribution in [3.63, 3.8) is 0 Å². The van der Waals surface area contributed by atoms with Crippen molar-refractivity contribution in [1.29, 1.82) is 0 Å². The molecule has 88 valence electrons. The number of rotatable bonds is 5. The number of aromatic nitrogens is 1. The Morgan fingerprint density at radius 1 is 1.69 bits per heavy atom. The molecule has 0 aliphatic heterocycles. The van der Waals surface area contributed by atoms with Crippen LogP contribution in [0.5, 0.6) is 0 Å². The Balaban J connectivity index is 2.92. The summed E-state index contributed by atoms with van der Waals surface area (Å²) in [6.45, 7) is 4.08. The maximum atomic E-state index is 10.8. The highest BCUT2D eigenvalue weighted by Gasteiger charge is 2.16. The van der Waals surface area contributed by atoms with Gasteiger partial charge in [0.25, 0.3) is 0 Å². The Morgan fingerprint density at radius 2 is 2.38 bits per heavy atom. The van der Waals surface area contributed by atoms with E-state index in [1.807, 2.05) is 6.92 Å². The number of anilines is 1. The van der Waals surface area contributed by atoms with Crippen LogP contribution in [-0.2, 0) is 0 Å². The zero-order valence-corrected chi connectivity index (χ0v) is 10.8. The van der Waals surface area contributed by atoms with Crippen LogP contribution in [0.1, 0.15) is 26.7 Å². The van der Waals surface area contributed by atoms with Gasteiger partial charge in [0.1, 0.15) is 16.5 Å². The average molecular weight is 288 g/mol. The molecule has 0 spiro atoms. The largest absolute Gasteiger partial charge is 0.377 e. The molecule has 0 saturated carbocycles. The molecule has 0 amide bonds. The molecule has 1 aromatic heterocycles. The van der Waals surface area contributed by atoms with E-state index in [0.29, 0.717) is 10.3 Å². The monoisotopic (exact) mass is 287 g/mol. The molecule has 1 atom stereocenters. The summed E-state index contributed by atoms with van der Waals surface area (Å²) in [6.07, 6.45) is 3.26. The van der Waals surface area contributed by atoms with E-state index in [-0.39, 0.29) is 11.7 Å². The maximum absolute atomic E-state index is 10.8. The lowest BCUT2D eigenvalue weighted by Crippen LogP contribution is -2.15. The highest BCUT2D eigenvalue weighted by molar-refractivity contribution is 9.10. The Bertz CT molecular complexity index is 384. The number of hydrogen-bond acceptors (Lipinski definition) is 4. The van der Waals surface area contributed by atoms with Gasteiger partial charge >= 0.3 is 5.69 Å². The second-order valence-corrected chi connectivity index (χ2v) is 4.43. The third-order valence-electron chi connectivity index (χ3n) is 2.17. The van der Waals surface area contributed by atoms with Crippen molar-refractivity contribution in [2.75, 3.05) is 5.32 Å². The van der Waals surface area contributed by atoms with Crippen LogP contribution in [0.15, 0.2) is 16.9 Å². The molecule has 0 radical (unpaired) electrons. The fraction of sp³-hybridized carbons (Fsp3) is 0.500. The van der Waals surface area contributed by atoms with Crippen LogP contribution in [-0.4, -0.2) is 15.9 Å². The second-order valence-electron chi connectivity index (χ2n) is 3.62. The molecule has 0 aliphatic carbocycles. The number of nitrogens with one attached hydrogen (secondary N) is 1.